The molecule has 0 radical (unpaired) electrons. The molecule has 3 aromatic carbocycles. The van der Waals surface area contributed by atoms with Gasteiger partial charge >= 0.3 is 0 Å². The third-order valence-electron chi connectivity index (χ3n) is 6.63. The second-order valence-electron chi connectivity index (χ2n) is 10.5. The Bertz CT molecular complexity index is 1410. The number of benzene rings is 3. The number of ether oxygens (including phenoxy) is 1. The van der Waals surface area contributed by atoms with Crippen molar-refractivity contribution in [1.82, 2.24) is 10.2 Å². The fourth-order valence-corrected chi connectivity index (χ4v) is 5.67. The molecular weight excluding hydrogens is 538 g/mol. The van der Waals surface area contributed by atoms with Gasteiger partial charge in [-0.1, -0.05) is 66.2 Å². The molecule has 0 bridgehead atoms. The van der Waals surface area contributed by atoms with Crippen molar-refractivity contribution in [2.75, 3.05) is 24.2 Å². The number of hydrogen-bond acceptors (Lipinski definition) is 5. The van der Waals surface area contributed by atoms with Crippen LogP contribution in [0.1, 0.15) is 43.4 Å². The van der Waals surface area contributed by atoms with Gasteiger partial charge in [0.25, 0.3) is 0 Å². The van der Waals surface area contributed by atoms with E-state index in [9.17, 15) is 18.0 Å². The second-order valence-corrected chi connectivity index (χ2v) is 12.4. The number of aryl methyl sites for hydroxylation is 1. The Kier molecular flexibility index (Phi) is 11.3. The average Bonchev–Trinajstić information content (AvgIpc) is 2.92. The van der Waals surface area contributed by atoms with E-state index in [1.54, 1.807) is 29.2 Å². The number of amides is 2. The van der Waals surface area contributed by atoms with E-state index in [2.05, 4.69) is 5.32 Å². The lowest BCUT2D eigenvalue weighted by atomic mass is 10.0. The summed E-state index contributed by atoms with van der Waals surface area (Å²) >= 11 is 0. The first kappa shape index (κ1) is 31.7. The largest absolute Gasteiger partial charge is 0.497 e. The van der Waals surface area contributed by atoms with E-state index >= 15 is 0 Å². The van der Waals surface area contributed by atoms with E-state index in [1.165, 1.54) is 11.4 Å². The molecule has 1 atom stereocenters. The molecular formula is C32H41N3O5S. The summed E-state index contributed by atoms with van der Waals surface area (Å²) in [4.78, 5) is 29.0. The van der Waals surface area contributed by atoms with Gasteiger partial charge in [0.1, 0.15) is 11.8 Å². The molecule has 2 amide bonds. The highest BCUT2D eigenvalue weighted by atomic mass is 32.2. The zero-order chi connectivity index (χ0) is 30.0. The Hall–Kier alpha value is -3.85. The summed E-state index contributed by atoms with van der Waals surface area (Å²) in [5.74, 6) is 0.0981. The van der Waals surface area contributed by atoms with E-state index in [4.69, 9.17) is 4.74 Å². The van der Waals surface area contributed by atoms with Crippen LogP contribution in [0.15, 0.2) is 78.9 Å². The standard InChI is InChI=1S/C32H41N3O5S/c1-24(2)33-32(37)30(21-26-13-7-6-8-14-26)34(23-27-15-9-12-25(3)20-27)31(36)18-11-19-35(41(5,38)39)28-16-10-17-29(22-28)40-4/h6-10,12-17,20,22,24,30H,11,18-19,21,23H2,1-5H3,(H,33,37)/t30-/m1/s1. The summed E-state index contributed by atoms with van der Waals surface area (Å²) in [6.45, 7) is 6.14. The average molecular weight is 580 g/mol. The number of nitrogens with one attached hydrogen (secondary N) is 1. The molecule has 41 heavy (non-hydrogen) atoms. The maximum absolute atomic E-state index is 13.9. The van der Waals surface area contributed by atoms with Crippen molar-refractivity contribution in [3.05, 3.63) is 95.6 Å². The van der Waals surface area contributed by atoms with Crippen LogP contribution in [0.2, 0.25) is 0 Å². The summed E-state index contributed by atoms with van der Waals surface area (Å²) in [6.07, 6.45) is 1.85. The molecule has 0 aliphatic heterocycles. The highest BCUT2D eigenvalue weighted by molar-refractivity contribution is 7.92. The SMILES string of the molecule is COc1cccc(N(CCCC(=O)N(Cc2cccc(C)c2)[C@H](Cc2ccccc2)C(=O)NC(C)C)S(C)(=O)=O)c1. The first-order valence-electron chi connectivity index (χ1n) is 13.8. The van der Waals surface area contributed by atoms with Crippen molar-refractivity contribution >= 4 is 27.5 Å². The molecule has 1 N–H and O–H groups in total. The number of methoxy groups -OCH3 is 1. The predicted molar refractivity (Wildman–Crippen MR) is 163 cm³/mol. The van der Waals surface area contributed by atoms with Crippen molar-refractivity contribution in [2.45, 2.75) is 58.7 Å². The second kappa shape index (κ2) is 14.7. The predicted octanol–water partition coefficient (Wildman–Crippen LogP) is 4.71. The van der Waals surface area contributed by atoms with E-state index in [1.807, 2.05) is 75.4 Å². The molecule has 0 fully saturated rings. The number of carbonyl (C=O) groups is 2. The monoisotopic (exact) mass is 579 g/mol. The first-order chi connectivity index (χ1) is 19.5. The van der Waals surface area contributed by atoms with Gasteiger partial charge in [-0.05, 0) is 50.5 Å². The molecule has 0 unspecified atom stereocenters. The van der Waals surface area contributed by atoms with Gasteiger partial charge in [-0.25, -0.2) is 8.42 Å². The van der Waals surface area contributed by atoms with Gasteiger partial charge in [-0.15, -0.1) is 0 Å². The van der Waals surface area contributed by atoms with Crippen LogP contribution >= 0.6 is 0 Å². The van der Waals surface area contributed by atoms with Crippen LogP contribution in [-0.2, 0) is 32.6 Å². The van der Waals surface area contributed by atoms with Crippen LogP contribution in [0.5, 0.6) is 5.75 Å². The molecule has 220 valence electrons. The van der Waals surface area contributed by atoms with Gasteiger partial charge in [0.15, 0.2) is 0 Å². The smallest absolute Gasteiger partial charge is 0.243 e. The minimum absolute atomic E-state index is 0.0715. The van der Waals surface area contributed by atoms with Gasteiger partial charge in [-0.2, -0.15) is 0 Å². The number of anilines is 1. The molecule has 3 rings (SSSR count). The summed E-state index contributed by atoms with van der Waals surface area (Å²) in [5, 5.41) is 2.99. The Labute approximate surface area is 244 Å². The summed E-state index contributed by atoms with van der Waals surface area (Å²) in [5.41, 5.74) is 3.39. The lowest BCUT2D eigenvalue weighted by molar-refractivity contribution is -0.141. The fraction of sp³-hybridized carbons (Fsp3) is 0.375. The minimum Gasteiger partial charge on any atom is -0.497 e. The van der Waals surface area contributed by atoms with Gasteiger partial charge in [0.05, 0.1) is 19.1 Å². The maximum atomic E-state index is 13.9. The number of sulfonamides is 1. The van der Waals surface area contributed by atoms with Gasteiger partial charge in [0.2, 0.25) is 21.8 Å². The maximum Gasteiger partial charge on any atom is 0.243 e. The summed E-state index contributed by atoms with van der Waals surface area (Å²) in [7, 11) is -2.09. The third kappa shape index (κ3) is 9.63. The molecule has 0 aliphatic rings. The Morgan fingerprint density at radius 2 is 1.61 bits per heavy atom. The molecule has 9 heteroatoms. The van der Waals surface area contributed by atoms with Crippen LogP contribution in [0.25, 0.3) is 0 Å². The first-order valence-corrected chi connectivity index (χ1v) is 15.6. The van der Waals surface area contributed by atoms with Crippen molar-refractivity contribution in [3.63, 3.8) is 0 Å². The van der Waals surface area contributed by atoms with Crippen LogP contribution < -0.4 is 14.4 Å². The molecule has 0 saturated heterocycles. The van der Waals surface area contributed by atoms with Crippen LogP contribution in [-0.4, -0.2) is 57.1 Å². The van der Waals surface area contributed by atoms with E-state index in [0.29, 0.717) is 17.9 Å². The Morgan fingerprint density at radius 1 is 0.927 bits per heavy atom. The van der Waals surface area contributed by atoms with Crippen molar-refractivity contribution < 1.29 is 22.7 Å². The van der Waals surface area contributed by atoms with Crippen LogP contribution in [0.4, 0.5) is 5.69 Å². The number of nitrogens with zero attached hydrogens (tertiary/aromatic N) is 2. The molecule has 8 nitrogen and oxygen atoms in total. The molecule has 0 saturated carbocycles. The molecule has 0 heterocycles. The Morgan fingerprint density at radius 3 is 2.24 bits per heavy atom. The number of hydrogen-bond donors (Lipinski definition) is 1. The molecule has 0 aliphatic carbocycles. The number of rotatable bonds is 14. The third-order valence-corrected chi connectivity index (χ3v) is 7.82. The van der Waals surface area contributed by atoms with Crippen molar-refractivity contribution in [3.8, 4) is 5.75 Å². The van der Waals surface area contributed by atoms with Crippen molar-refractivity contribution in [2.24, 2.45) is 0 Å². The van der Waals surface area contributed by atoms with Crippen LogP contribution in [0.3, 0.4) is 0 Å². The van der Waals surface area contributed by atoms with E-state index in [0.717, 1.165) is 22.9 Å². The normalized spacial score (nSPS) is 12.0. The fourth-order valence-electron chi connectivity index (χ4n) is 4.71. The zero-order valence-corrected chi connectivity index (χ0v) is 25.4. The van der Waals surface area contributed by atoms with E-state index < -0.39 is 16.1 Å². The topological polar surface area (TPSA) is 96.0 Å². The Balaban J connectivity index is 1.88. The van der Waals surface area contributed by atoms with Crippen LogP contribution in [0, 0.1) is 6.92 Å². The quantitative estimate of drug-likeness (QED) is 0.298. The summed E-state index contributed by atoms with van der Waals surface area (Å²) in [6, 6.07) is 23.5. The highest BCUT2D eigenvalue weighted by Crippen LogP contribution is 2.24. The highest BCUT2D eigenvalue weighted by Gasteiger charge is 2.31. The lowest BCUT2D eigenvalue weighted by Gasteiger charge is -2.32. The molecule has 0 spiro atoms. The van der Waals surface area contributed by atoms with Gasteiger partial charge < -0.3 is 15.0 Å². The minimum atomic E-state index is -3.61. The van der Waals surface area contributed by atoms with Crippen molar-refractivity contribution in [1.29, 1.82) is 0 Å². The van der Waals surface area contributed by atoms with E-state index in [-0.39, 0.29) is 43.8 Å². The van der Waals surface area contributed by atoms with Gasteiger partial charge in [-0.3, -0.25) is 13.9 Å². The lowest BCUT2D eigenvalue weighted by Crippen LogP contribution is -2.51. The molecule has 3 aromatic rings. The molecule has 0 aromatic heterocycles. The number of carbonyl (C=O) groups excluding carboxylic acids is 2. The van der Waals surface area contributed by atoms with Gasteiger partial charge in [0, 0.05) is 38.0 Å². The summed E-state index contributed by atoms with van der Waals surface area (Å²) < 4.78 is 31.8. The zero-order valence-electron chi connectivity index (χ0n) is 24.5.